The van der Waals surface area contributed by atoms with Gasteiger partial charge in [-0.15, -0.1) is 0 Å². The predicted molar refractivity (Wildman–Crippen MR) is 67.0 cm³/mol. The fourth-order valence-electron chi connectivity index (χ4n) is 2.83. The summed E-state index contributed by atoms with van der Waals surface area (Å²) in [6.45, 7) is 9.59. The van der Waals surface area contributed by atoms with Gasteiger partial charge in [-0.1, -0.05) is 0 Å². The predicted octanol–water partition coefficient (Wildman–Crippen LogP) is 2.00. The molecule has 2 heterocycles. The highest BCUT2D eigenvalue weighted by molar-refractivity contribution is 5.68. The van der Waals surface area contributed by atoms with Gasteiger partial charge in [0.1, 0.15) is 5.60 Å². The summed E-state index contributed by atoms with van der Waals surface area (Å²) in [5.41, 5.74) is -0.0786. The van der Waals surface area contributed by atoms with Crippen molar-refractivity contribution in [3.63, 3.8) is 0 Å². The number of carbonyl (C=O) groups is 1. The standard InChI is InChI=1S/C13H24N2O2/c1-12(2,3)17-11(16)15-8-4-5-13(10-15)6-7-14-9-13/h14H,4-10H2,1-3H3/t13-/m0/s1. The summed E-state index contributed by atoms with van der Waals surface area (Å²) in [7, 11) is 0. The molecule has 1 atom stereocenters. The Hall–Kier alpha value is -0.770. The van der Waals surface area contributed by atoms with Crippen molar-refractivity contribution in [1.29, 1.82) is 0 Å². The zero-order valence-corrected chi connectivity index (χ0v) is 11.2. The lowest BCUT2D eigenvalue weighted by Gasteiger charge is -2.40. The number of nitrogens with zero attached hydrogens (tertiary/aromatic N) is 1. The maximum atomic E-state index is 12.0. The lowest BCUT2D eigenvalue weighted by Crippen LogP contribution is -2.48. The number of carbonyl (C=O) groups excluding carboxylic acids is 1. The Morgan fingerprint density at radius 1 is 1.35 bits per heavy atom. The summed E-state index contributed by atoms with van der Waals surface area (Å²) >= 11 is 0. The van der Waals surface area contributed by atoms with Gasteiger partial charge in [0.15, 0.2) is 0 Å². The van der Waals surface area contributed by atoms with Crippen LogP contribution in [0, 0.1) is 5.41 Å². The molecule has 2 rings (SSSR count). The topological polar surface area (TPSA) is 41.6 Å². The van der Waals surface area contributed by atoms with Crippen LogP contribution in [-0.4, -0.2) is 42.8 Å². The second kappa shape index (κ2) is 4.48. The van der Waals surface area contributed by atoms with Crippen LogP contribution >= 0.6 is 0 Å². The van der Waals surface area contributed by atoms with Crippen molar-refractivity contribution >= 4 is 6.09 Å². The highest BCUT2D eigenvalue weighted by Crippen LogP contribution is 2.35. The van der Waals surface area contributed by atoms with E-state index in [1.165, 1.54) is 12.8 Å². The molecule has 2 aliphatic rings. The van der Waals surface area contributed by atoms with Gasteiger partial charge in [-0.05, 0) is 46.6 Å². The first kappa shape index (κ1) is 12.7. The van der Waals surface area contributed by atoms with Crippen LogP contribution in [0.5, 0.6) is 0 Å². The van der Waals surface area contributed by atoms with E-state index in [9.17, 15) is 4.79 Å². The zero-order valence-electron chi connectivity index (χ0n) is 11.2. The minimum Gasteiger partial charge on any atom is -0.444 e. The number of nitrogens with one attached hydrogen (secondary N) is 1. The van der Waals surface area contributed by atoms with E-state index in [-0.39, 0.29) is 6.09 Å². The van der Waals surface area contributed by atoms with Gasteiger partial charge in [0.05, 0.1) is 0 Å². The average molecular weight is 240 g/mol. The lowest BCUT2D eigenvalue weighted by molar-refractivity contribution is 0.00692. The van der Waals surface area contributed by atoms with Crippen LogP contribution in [0.4, 0.5) is 4.79 Å². The first-order valence-electron chi connectivity index (χ1n) is 6.59. The van der Waals surface area contributed by atoms with Gasteiger partial charge in [0.25, 0.3) is 0 Å². The van der Waals surface area contributed by atoms with E-state index in [0.717, 1.165) is 32.6 Å². The number of ether oxygens (including phenoxy) is 1. The molecule has 2 fully saturated rings. The minimum atomic E-state index is -0.393. The van der Waals surface area contributed by atoms with Crippen molar-refractivity contribution < 1.29 is 9.53 Å². The van der Waals surface area contributed by atoms with Crippen LogP contribution in [0.2, 0.25) is 0 Å². The third-order valence-electron chi connectivity index (χ3n) is 3.65. The molecule has 98 valence electrons. The number of likely N-dealkylation sites (tertiary alicyclic amines) is 1. The Bertz CT molecular complexity index is 290. The highest BCUT2D eigenvalue weighted by Gasteiger charge is 2.40. The number of hydrogen-bond donors (Lipinski definition) is 1. The molecule has 0 radical (unpaired) electrons. The second-order valence-electron chi connectivity index (χ2n) is 6.43. The summed E-state index contributed by atoms with van der Waals surface area (Å²) < 4.78 is 5.45. The molecule has 0 unspecified atom stereocenters. The van der Waals surface area contributed by atoms with Gasteiger partial charge in [-0.25, -0.2) is 4.79 Å². The third kappa shape index (κ3) is 3.12. The van der Waals surface area contributed by atoms with Crippen molar-refractivity contribution in [2.24, 2.45) is 5.41 Å². The first-order valence-corrected chi connectivity index (χ1v) is 6.59. The fourth-order valence-corrected chi connectivity index (χ4v) is 2.83. The normalized spacial score (nSPS) is 29.7. The maximum Gasteiger partial charge on any atom is 0.410 e. The van der Waals surface area contributed by atoms with E-state index < -0.39 is 5.60 Å². The molecule has 0 aliphatic carbocycles. The summed E-state index contributed by atoms with van der Waals surface area (Å²) in [5, 5.41) is 3.41. The summed E-state index contributed by atoms with van der Waals surface area (Å²) in [6, 6.07) is 0. The Balaban J connectivity index is 1.95. The Kier molecular flexibility index (Phi) is 3.34. The largest absolute Gasteiger partial charge is 0.444 e. The van der Waals surface area contributed by atoms with Crippen LogP contribution in [-0.2, 0) is 4.74 Å². The van der Waals surface area contributed by atoms with E-state index in [1.54, 1.807) is 0 Å². The molecule has 0 aromatic carbocycles. The molecular weight excluding hydrogens is 216 g/mol. The molecular formula is C13H24N2O2. The van der Waals surface area contributed by atoms with Crippen molar-refractivity contribution in [2.45, 2.75) is 45.6 Å². The molecule has 17 heavy (non-hydrogen) atoms. The van der Waals surface area contributed by atoms with E-state index in [0.29, 0.717) is 5.41 Å². The summed E-state index contributed by atoms with van der Waals surface area (Å²) in [6.07, 6.45) is 3.37. The molecule has 1 N–H and O–H groups in total. The fraction of sp³-hybridized carbons (Fsp3) is 0.923. The van der Waals surface area contributed by atoms with Crippen molar-refractivity contribution in [1.82, 2.24) is 10.2 Å². The van der Waals surface area contributed by atoms with E-state index in [2.05, 4.69) is 5.32 Å². The van der Waals surface area contributed by atoms with Gasteiger partial charge in [-0.3, -0.25) is 0 Å². The number of rotatable bonds is 0. The smallest absolute Gasteiger partial charge is 0.410 e. The SMILES string of the molecule is CC(C)(C)OC(=O)N1CCC[C@@]2(CCNC2)C1. The van der Waals surface area contributed by atoms with E-state index >= 15 is 0 Å². The van der Waals surface area contributed by atoms with Crippen LogP contribution in [0.3, 0.4) is 0 Å². The Morgan fingerprint density at radius 3 is 2.71 bits per heavy atom. The van der Waals surface area contributed by atoms with Crippen molar-refractivity contribution in [2.75, 3.05) is 26.2 Å². The summed E-state index contributed by atoms with van der Waals surface area (Å²) in [4.78, 5) is 13.9. The zero-order chi connectivity index (χ0) is 12.5. The minimum absolute atomic E-state index is 0.150. The van der Waals surface area contributed by atoms with Gasteiger partial charge in [0, 0.05) is 25.0 Å². The second-order valence-corrected chi connectivity index (χ2v) is 6.43. The van der Waals surface area contributed by atoms with Gasteiger partial charge in [0.2, 0.25) is 0 Å². The Labute approximate surface area is 104 Å². The van der Waals surface area contributed by atoms with Crippen LogP contribution in [0.25, 0.3) is 0 Å². The molecule has 0 bridgehead atoms. The molecule has 2 saturated heterocycles. The monoisotopic (exact) mass is 240 g/mol. The number of hydrogen-bond acceptors (Lipinski definition) is 3. The molecule has 1 amide bonds. The van der Waals surface area contributed by atoms with Crippen LogP contribution in [0.1, 0.15) is 40.0 Å². The molecule has 0 saturated carbocycles. The molecule has 4 heteroatoms. The van der Waals surface area contributed by atoms with Gasteiger partial charge in [-0.2, -0.15) is 0 Å². The highest BCUT2D eigenvalue weighted by atomic mass is 16.6. The molecule has 2 aliphatic heterocycles. The van der Waals surface area contributed by atoms with Crippen molar-refractivity contribution in [3.8, 4) is 0 Å². The Morgan fingerprint density at radius 2 is 2.12 bits per heavy atom. The van der Waals surface area contributed by atoms with Gasteiger partial charge >= 0.3 is 6.09 Å². The maximum absolute atomic E-state index is 12.0. The lowest BCUT2D eigenvalue weighted by atomic mass is 9.79. The van der Waals surface area contributed by atoms with E-state index in [1.807, 2.05) is 25.7 Å². The van der Waals surface area contributed by atoms with Gasteiger partial charge < -0.3 is 15.0 Å². The first-order chi connectivity index (χ1) is 7.90. The molecule has 0 aromatic rings. The summed E-state index contributed by atoms with van der Waals surface area (Å²) in [5.74, 6) is 0. The number of piperidine rings is 1. The van der Waals surface area contributed by atoms with Crippen LogP contribution in [0.15, 0.2) is 0 Å². The molecule has 0 aromatic heterocycles. The van der Waals surface area contributed by atoms with Crippen LogP contribution < -0.4 is 5.32 Å². The quantitative estimate of drug-likeness (QED) is 0.704. The average Bonchev–Trinajstić information content (AvgIpc) is 2.64. The number of amides is 1. The van der Waals surface area contributed by atoms with E-state index in [4.69, 9.17) is 4.74 Å². The third-order valence-corrected chi connectivity index (χ3v) is 3.65. The molecule has 4 nitrogen and oxygen atoms in total. The van der Waals surface area contributed by atoms with Crippen molar-refractivity contribution in [3.05, 3.63) is 0 Å². The molecule has 1 spiro atoms.